The molecule has 12 heavy (non-hydrogen) atoms. The van der Waals surface area contributed by atoms with Crippen molar-refractivity contribution in [3.05, 3.63) is 22.4 Å². The van der Waals surface area contributed by atoms with Crippen LogP contribution in [0.3, 0.4) is 0 Å². The molecule has 1 unspecified atom stereocenters. The lowest BCUT2D eigenvalue weighted by molar-refractivity contribution is -0.0160. The molecule has 0 amide bonds. The predicted octanol–water partition coefficient (Wildman–Crippen LogP) is 1.69. The molecule has 1 aromatic rings. The van der Waals surface area contributed by atoms with E-state index < -0.39 is 5.60 Å². The van der Waals surface area contributed by atoms with E-state index in [1.165, 1.54) is 5.56 Å². The van der Waals surface area contributed by atoms with Crippen LogP contribution in [-0.2, 0) is 11.2 Å². The van der Waals surface area contributed by atoms with Gasteiger partial charge in [0, 0.05) is 13.5 Å². The van der Waals surface area contributed by atoms with Gasteiger partial charge in [-0.1, -0.05) is 0 Å². The summed E-state index contributed by atoms with van der Waals surface area (Å²) in [5, 5.41) is 13.8. The molecular formula is C9H14O2S. The second-order valence-corrected chi connectivity index (χ2v) is 4.02. The second-order valence-electron chi connectivity index (χ2n) is 3.24. The van der Waals surface area contributed by atoms with E-state index in [4.69, 9.17) is 4.74 Å². The normalized spacial score (nSPS) is 15.9. The Bertz CT molecular complexity index is 216. The zero-order chi connectivity index (χ0) is 9.03. The first-order valence-corrected chi connectivity index (χ1v) is 4.81. The molecule has 1 atom stereocenters. The average Bonchev–Trinajstić information content (AvgIpc) is 2.38. The van der Waals surface area contributed by atoms with Crippen molar-refractivity contribution in [3.8, 4) is 0 Å². The molecule has 2 nitrogen and oxygen atoms in total. The van der Waals surface area contributed by atoms with Gasteiger partial charge in [-0.25, -0.2) is 0 Å². The third-order valence-corrected chi connectivity index (χ3v) is 2.35. The maximum atomic E-state index is 9.77. The largest absolute Gasteiger partial charge is 0.387 e. The van der Waals surface area contributed by atoms with Crippen LogP contribution < -0.4 is 0 Å². The van der Waals surface area contributed by atoms with Crippen molar-refractivity contribution < 1.29 is 9.84 Å². The van der Waals surface area contributed by atoms with Crippen LogP contribution in [0.2, 0.25) is 0 Å². The molecule has 0 aliphatic heterocycles. The highest BCUT2D eigenvalue weighted by molar-refractivity contribution is 7.07. The molecule has 0 spiro atoms. The quantitative estimate of drug-likeness (QED) is 0.775. The Hall–Kier alpha value is -0.380. The second kappa shape index (κ2) is 4.03. The van der Waals surface area contributed by atoms with Crippen LogP contribution in [-0.4, -0.2) is 24.4 Å². The summed E-state index contributed by atoms with van der Waals surface area (Å²) in [5.41, 5.74) is 0.428. The van der Waals surface area contributed by atoms with Crippen LogP contribution in [0.5, 0.6) is 0 Å². The summed E-state index contributed by atoms with van der Waals surface area (Å²) in [7, 11) is 1.60. The summed E-state index contributed by atoms with van der Waals surface area (Å²) in [5.74, 6) is 0. The standard InChI is InChI=1S/C9H14O2S/c1-9(10,7-11-2)5-8-3-4-12-6-8/h3-4,6,10H,5,7H2,1-2H3. The van der Waals surface area contributed by atoms with Crippen LogP contribution in [0.4, 0.5) is 0 Å². The van der Waals surface area contributed by atoms with Gasteiger partial charge in [-0.15, -0.1) is 0 Å². The van der Waals surface area contributed by atoms with Crippen LogP contribution in [0.25, 0.3) is 0 Å². The molecule has 0 saturated carbocycles. The van der Waals surface area contributed by atoms with Gasteiger partial charge in [-0.05, 0) is 29.3 Å². The SMILES string of the molecule is COCC(C)(O)Cc1ccsc1. The molecule has 1 aromatic heterocycles. The molecule has 1 rings (SSSR count). The zero-order valence-electron chi connectivity index (χ0n) is 7.41. The fraction of sp³-hybridized carbons (Fsp3) is 0.556. The molecule has 0 radical (unpaired) electrons. The van der Waals surface area contributed by atoms with Crippen molar-refractivity contribution >= 4 is 11.3 Å². The number of methoxy groups -OCH3 is 1. The predicted molar refractivity (Wildman–Crippen MR) is 50.5 cm³/mol. The molecule has 0 aliphatic rings. The van der Waals surface area contributed by atoms with E-state index in [1.807, 2.05) is 16.8 Å². The molecule has 68 valence electrons. The Kier molecular flexibility index (Phi) is 3.26. The van der Waals surface area contributed by atoms with Gasteiger partial charge in [0.2, 0.25) is 0 Å². The average molecular weight is 186 g/mol. The minimum atomic E-state index is -0.740. The summed E-state index contributed by atoms with van der Waals surface area (Å²) in [6.45, 7) is 2.16. The van der Waals surface area contributed by atoms with Gasteiger partial charge < -0.3 is 9.84 Å². The number of aliphatic hydroxyl groups is 1. The molecule has 1 N–H and O–H groups in total. The highest BCUT2D eigenvalue weighted by Gasteiger charge is 2.20. The van der Waals surface area contributed by atoms with Crippen LogP contribution in [0.1, 0.15) is 12.5 Å². The molecule has 0 aromatic carbocycles. The first-order chi connectivity index (χ1) is 5.64. The number of thiophene rings is 1. The minimum Gasteiger partial charge on any atom is -0.387 e. The molecule has 0 saturated heterocycles. The summed E-state index contributed by atoms with van der Waals surface area (Å²) in [6, 6.07) is 2.02. The van der Waals surface area contributed by atoms with Gasteiger partial charge in [0.15, 0.2) is 0 Å². The molecule has 3 heteroatoms. The highest BCUT2D eigenvalue weighted by atomic mass is 32.1. The van der Waals surface area contributed by atoms with Gasteiger partial charge in [-0.2, -0.15) is 11.3 Å². The fourth-order valence-electron chi connectivity index (χ4n) is 1.19. The summed E-state index contributed by atoms with van der Waals surface area (Å²) in [6.07, 6.45) is 0.657. The zero-order valence-corrected chi connectivity index (χ0v) is 8.23. The maximum Gasteiger partial charge on any atom is 0.0892 e. The van der Waals surface area contributed by atoms with E-state index in [-0.39, 0.29) is 0 Å². The van der Waals surface area contributed by atoms with E-state index in [1.54, 1.807) is 25.4 Å². The number of hydrogen-bond acceptors (Lipinski definition) is 3. The number of rotatable bonds is 4. The molecule has 0 fully saturated rings. The third-order valence-electron chi connectivity index (χ3n) is 1.62. The van der Waals surface area contributed by atoms with Crippen LogP contribution >= 0.6 is 11.3 Å². The Morgan fingerprint density at radius 2 is 2.42 bits per heavy atom. The van der Waals surface area contributed by atoms with Crippen molar-refractivity contribution in [3.63, 3.8) is 0 Å². The topological polar surface area (TPSA) is 29.5 Å². The highest BCUT2D eigenvalue weighted by Crippen LogP contribution is 2.15. The molecule has 1 heterocycles. The lowest BCUT2D eigenvalue weighted by atomic mass is 10.00. The van der Waals surface area contributed by atoms with E-state index in [2.05, 4.69) is 0 Å². The maximum absolute atomic E-state index is 9.77. The monoisotopic (exact) mass is 186 g/mol. The Balaban J connectivity index is 2.50. The van der Waals surface area contributed by atoms with Gasteiger partial charge in [0.1, 0.15) is 0 Å². The smallest absolute Gasteiger partial charge is 0.0892 e. The third kappa shape index (κ3) is 2.93. The minimum absolute atomic E-state index is 0.378. The van der Waals surface area contributed by atoms with Crippen molar-refractivity contribution in [2.45, 2.75) is 18.9 Å². The summed E-state index contributed by atoms with van der Waals surface area (Å²) >= 11 is 1.65. The van der Waals surface area contributed by atoms with Crippen molar-refractivity contribution in [1.29, 1.82) is 0 Å². The van der Waals surface area contributed by atoms with E-state index in [9.17, 15) is 5.11 Å². The number of hydrogen-bond donors (Lipinski definition) is 1. The van der Waals surface area contributed by atoms with Gasteiger partial charge in [0.25, 0.3) is 0 Å². The Labute approximate surface area is 76.8 Å². The van der Waals surface area contributed by atoms with Crippen LogP contribution in [0, 0.1) is 0 Å². The fourth-order valence-corrected chi connectivity index (χ4v) is 1.86. The van der Waals surface area contributed by atoms with Gasteiger partial charge >= 0.3 is 0 Å². The van der Waals surface area contributed by atoms with E-state index >= 15 is 0 Å². The summed E-state index contributed by atoms with van der Waals surface area (Å²) in [4.78, 5) is 0. The van der Waals surface area contributed by atoms with Crippen molar-refractivity contribution in [2.24, 2.45) is 0 Å². The lowest BCUT2D eigenvalue weighted by Crippen LogP contribution is -2.32. The number of ether oxygens (including phenoxy) is 1. The van der Waals surface area contributed by atoms with Gasteiger partial charge in [0.05, 0.1) is 12.2 Å². The molecule has 0 aliphatic carbocycles. The van der Waals surface area contributed by atoms with Crippen molar-refractivity contribution in [2.75, 3.05) is 13.7 Å². The Morgan fingerprint density at radius 3 is 2.92 bits per heavy atom. The van der Waals surface area contributed by atoms with Crippen molar-refractivity contribution in [1.82, 2.24) is 0 Å². The van der Waals surface area contributed by atoms with Crippen LogP contribution in [0.15, 0.2) is 16.8 Å². The van der Waals surface area contributed by atoms with E-state index in [0.29, 0.717) is 13.0 Å². The lowest BCUT2D eigenvalue weighted by Gasteiger charge is -2.21. The summed E-state index contributed by atoms with van der Waals surface area (Å²) < 4.78 is 4.91. The first kappa shape index (κ1) is 9.71. The van der Waals surface area contributed by atoms with E-state index in [0.717, 1.165) is 0 Å². The van der Waals surface area contributed by atoms with Gasteiger partial charge in [-0.3, -0.25) is 0 Å². The first-order valence-electron chi connectivity index (χ1n) is 3.86. The molecular weight excluding hydrogens is 172 g/mol. The molecule has 0 bridgehead atoms. The Morgan fingerprint density at radius 1 is 1.67 bits per heavy atom.